The summed E-state index contributed by atoms with van der Waals surface area (Å²) in [5, 5.41) is 7.59. The largest absolute Gasteiger partial charge is 0.480 e. The van der Waals surface area contributed by atoms with Gasteiger partial charge in [-0.2, -0.15) is 5.10 Å². The lowest BCUT2D eigenvalue weighted by Gasteiger charge is -2.17. The molecule has 0 saturated carbocycles. The number of carbonyl (C=O) groups is 1. The number of para-hydroxylation sites is 1. The van der Waals surface area contributed by atoms with Crippen molar-refractivity contribution in [2.45, 2.75) is 19.6 Å². The van der Waals surface area contributed by atoms with Gasteiger partial charge in [-0.05, 0) is 52.7 Å². The fraction of sp³-hybridized carbons (Fsp3) is 0.167. The van der Waals surface area contributed by atoms with Gasteiger partial charge in [-0.3, -0.25) is 4.79 Å². The molecule has 2 aromatic carbocycles. The Morgan fingerprint density at radius 1 is 1.35 bits per heavy atom. The summed E-state index contributed by atoms with van der Waals surface area (Å²) in [6, 6.07) is 12.7. The molecule has 1 atom stereocenters. The van der Waals surface area contributed by atoms with Crippen LogP contribution in [0.25, 0.3) is 0 Å². The predicted molar refractivity (Wildman–Crippen MR) is 103 cm³/mol. The molecular weight excluding hydrogens is 420 g/mol. The highest BCUT2D eigenvalue weighted by atomic mass is 79.9. The van der Waals surface area contributed by atoms with Crippen LogP contribution in [0, 0.1) is 0 Å². The van der Waals surface area contributed by atoms with Gasteiger partial charge in [-0.15, -0.1) is 0 Å². The number of nitrogens with zero attached hydrogens (tertiary/aromatic N) is 3. The Morgan fingerprint density at radius 3 is 2.88 bits per heavy atom. The number of benzene rings is 2. The minimum absolute atomic E-state index is 0.252. The summed E-state index contributed by atoms with van der Waals surface area (Å²) in [7, 11) is 0. The number of halogens is 2. The summed E-state index contributed by atoms with van der Waals surface area (Å²) in [5.41, 5.74) is 1.63. The Bertz CT molecular complexity index is 902. The van der Waals surface area contributed by atoms with Crippen LogP contribution in [0.4, 0.5) is 5.69 Å². The maximum absolute atomic E-state index is 12.5. The fourth-order valence-electron chi connectivity index (χ4n) is 2.32. The van der Waals surface area contributed by atoms with Crippen molar-refractivity contribution in [2.75, 3.05) is 5.32 Å². The molecule has 3 aromatic rings. The highest BCUT2D eigenvalue weighted by Gasteiger charge is 2.17. The second-order valence-electron chi connectivity index (χ2n) is 5.57. The smallest absolute Gasteiger partial charge is 0.265 e. The summed E-state index contributed by atoms with van der Waals surface area (Å²) in [4.78, 5) is 16.5. The molecular formula is C18H16BrClN4O2. The Labute approximate surface area is 164 Å². The monoisotopic (exact) mass is 434 g/mol. The number of aromatic nitrogens is 3. The van der Waals surface area contributed by atoms with Crippen molar-refractivity contribution < 1.29 is 9.53 Å². The molecule has 6 nitrogen and oxygen atoms in total. The first-order chi connectivity index (χ1) is 12.5. The van der Waals surface area contributed by atoms with E-state index in [1.807, 2.05) is 24.3 Å². The number of hydrogen-bond acceptors (Lipinski definition) is 4. The molecule has 0 radical (unpaired) electrons. The highest BCUT2D eigenvalue weighted by Crippen LogP contribution is 2.29. The first-order valence-corrected chi connectivity index (χ1v) is 9.03. The summed E-state index contributed by atoms with van der Waals surface area (Å²) in [6.45, 7) is 2.20. The molecule has 0 spiro atoms. The number of hydrogen-bond donors (Lipinski definition) is 1. The van der Waals surface area contributed by atoms with Crippen molar-refractivity contribution >= 4 is 39.1 Å². The molecule has 0 aliphatic carbocycles. The zero-order valence-electron chi connectivity index (χ0n) is 13.9. The third kappa shape index (κ3) is 4.62. The van der Waals surface area contributed by atoms with Crippen LogP contribution in [0.1, 0.15) is 12.5 Å². The van der Waals surface area contributed by atoms with Crippen LogP contribution >= 0.6 is 27.5 Å². The summed E-state index contributed by atoms with van der Waals surface area (Å²) in [6.07, 6.45) is 2.41. The van der Waals surface area contributed by atoms with E-state index in [9.17, 15) is 4.79 Å². The average Bonchev–Trinajstić information content (AvgIpc) is 3.12. The first-order valence-electron chi connectivity index (χ1n) is 7.86. The number of amides is 1. The van der Waals surface area contributed by atoms with E-state index in [2.05, 4.69) is 31.3 Å². The summed E-state index contributed by atoms with van der Waals surface area (Å²) >= 11 is 9.30. The molecule has 1 unspecified atom stereocenters. The second kappa shape index (κ2) is 8.33. The van der Waals surface area contributed by atoms with Crippen LogP contribution in [0.5, 0.6) is 5.75 Å². The Kier molecular flexibility index (Phi) is 5.90. The van der Waals surface area contributed by atoms with E-state index in [4.69, 9.17) is 16.3 Å². The van der Waals surface area contributed by atoms with Crippen LogP contribution in [0.3, 0.4) is 0 Å². The molecule has 1 N–H and O–H groups in total. The number of nitrogens with one attached hydrogen (secondary N) is 1. The number of anilines is 1. The minimum atomic E-state index is -0.688. The van der Waals surface area contributed by atoms with Gasteiger partial charge in [0.25, 0.3) is 5.91 Å². The lowest BCUT2D eigenvalue weighted by Crippen LogP contribution is -2.30. The van der Waals surface area contributed by atoms with Gasteiger partial charge in [0, 0.05) is 10.7 Å². The van der Waals surface area contributed by atoms with Crippen LogP contribution in [0.15, 0.2) is 59.6 Å². The second-order valence-corrected chi connectivity index (χ2v) is 6.87. The molecule has 1 amide bonds. The van der Waals surface area contributed by atoms with E-state index in [0.717, 1.165) is 5.56 Å². The number of rotatable bonds is 6. The van der Waals surface area contributed by atoms with Crippen molar-refractivity contribution in [3.05, 3.63) is 70.2 Å². The average molecular weight is 436 g/mol. The van der Waals surface area contributed by atoms with E-state index < -0.39 is 6.10 Å². The predicted octanol–water partition coefficient (Wildman–Crippen LogP) is 4.15. The molecule has 3 rings (SSSR count). The zero-order chi connectivity index (χ0) is 18.5. The maximum Gasteiger partial charge on any atom is 0.265 e. The molecule has 1 aromatic heterocycles. The topological polar surface area (TPSA) is 69.0 Å². The molecule has 0 bridgehead atoms. The van der Waals surface area contributed by atoms with Gasteiger partial charge in [-0.25, -0.2) is 9.67 Å². The molecule has 134 valence electrons. The molecule has 8 heteroatoms. The summed E-state index contributed by atoms with van der Waals surface area (Å²) in [5.74, 6) is 0.297. The highest BCUT2D eigenvalue weighted by molar-refractivity contribution is 9.10. The van der Waals surface area contributed by atoms with Crippen molar-refractivity contribution in [3.63, 3.8) is 0 Å². The van der Waals surface area contributed by atoms with Crippen LogP contribution in [-0.4, -0.2) is 26.8 Å². The van der Waals surface area contributed by atoms with E-state index >= 15 is 0 Å². The van der Waals surface area contributed by atoms with Gasteiger partial charge in [0.05, 0.1) is 11.0 Å². The van der Waals surface area contributed by atoms with Crippen molar-refractivity contribution in [2.24, 2.45) is 0 Å². The van der Waals surface area contributed by atoms with Gasteiger partial charge >= 0.3 is 0 Å². The first kappa shape index (κ1) is 18.4. The lowest BCUT2D eigenvalue weighted by molar-refractivity contribution is -0.122. The van der Waals surface area contributed by atoms with Gasteiger partial charge < -0.3 is 10.1 Å². The van der Waals surface area contributed by atoms with Gasteiger partial charge in [0.2, 0.25) is 0 Å². The van der Waals surface area contributed by atoms with Crippen molar-refractivity contribution in [1.82, 2.24) is 14.8 Å². The van der Waals surface area contributed by atoms with E-state index in [0.29, 0.717) is 27.5 Å². The lowest BCUT2D eigenvalue weighted by atomic mass is 10.1. The van der Waals surface area contributed by atoms with Gasteiger partial charge in [-0.1, -0.05) is 29.8 Å². The fourth-order valence-corrected chi connectivity index (χ4v) is 3.09. The van der Waals surface area contributed by atoms with Crippen LogP contribution < -0.4 is 10.1 Å². The maximum atomic E-state index is 12.5. The SMILES string of the molecule is CC(Oc1ccc(Cl)cc1Br)C(=O)Nc1ccccc1Cn1cncn1. The van der Waals surface area contributed by atoms with Gasteiger partial charge in [0.1, 0.15) is 18.4 Å². The van der Waals surface area contributed by atoms with Crippen molar-refractivity contribution in [1.29, 1.82) is 0 Å². The Morgan fingerprint density at radius 2 is 2.15 bits per heavy atom. The third-order valence-electron chi connectivity index (χ3n) is 3.64. The molecule has 0 fully saturated rings. The quantitative estimate of drug-likeness (QED) is 0.631. The Hall–Kier alpha value is -2.38. The zero-order valence-corrected chi connectivity index (χ0v) is 16.2. The van der Waals surface area contributed by atoms with E-state index in [1.54, 1.807) is 36.1 Å². The van der Waals surface area contributed by atoms with E-state index in [-0.39, 0.29) is 5.91 Å². The third-order valence-corrected chi connectivity index (χ3v) is 4.50. The summed E-state index contributed by atoms with van der Waals surface area (Å²) < 4.78 is 8.12. The van der Waals surface area contributed by atoms with Crippen LogP contribution in [0.2, 0.25) is 5.02 Å². The standard InChI is InChI=1S/C18H16BrClN4O2/c1-12(26-17-7-6-14(20)8-15(17)19)18(25)23-16-5-3-2-4-13(16)9-24-11-21-10-22-24/h2-8,10-12H,9H2,1H3,(H,23,25). The molecule has 0 saturated heterocycles. The molecule has 0 aliphatic heterocycles. The number of ether oxygens (including phenoxy) is 1. The van der Waals surface area contributed by atoms with Crippen LogP contribution in [-0.2, 0) is 11.3 Å². The van der Waals surface area contributed by atoms with Gasteiger partial charge in [0.15, 0.2) is 6.10 Å². The molecule has 1 heterocycles. The van der Waals surface area contributed by atoms with Crippen molar-refractivity contribution in [3.8, 4) is 5.75 Å². The number of carbonyl (C=O) groups excluding carboxylic acids is 1. The normalized spacial score (nSPS) is 11.8. The minimum Gasteiger partial charge on any atom is -0.480 e. The Balaban J connectivity index is 1.69. The molecule has 0 aliphatic rings. The molecule has 26 heavy (non-hydrogen) atoms. The van der Waals surface area contributed by atoms with E-state index in [1.165, 1.54) is 6.33 Å².